The molecular weight excluding hydrogens is 211 g/mol. The fraction of sp³-hybridized carbons (Fsp3) is 0.273. The van der Waals surface area contributed by atoms with Crippen LogP contribution in [0.25, 0.3) is 0 Å². The molecule has 0 saturated heterocycles. The van der Waals surface area contributed by atoms with E-state index in [9.17, 15) is 9.18 Å². The summed E-state index contributed by atoms with van der Waals surface area (Å²) in [6, 6.07) is 5.90. The zero-order valence-corrected chi connectivity index (χ0v) is 8.56. The third-order valence-corrected chi connectivity index (χ3v) is 2.36. The molecule has 1 N–H and O–H groups in total. The molecule has 16 heavy (non-hydrogen) atoms. The average Bonchev–Trinajstić information content (AvgIpc) is 2.66. The van der Waals surface area contributed by atoms with Crippen molar-refractivity contribution in [2.45, 2.75) is 0 Å². The molecule has 84 valence electrons. The maximum atomic E-state index is 12.7. The van der Waals surface area contributed by atoms with Crippen molar-refractivity contribution in [1.82, 2.24) is 4.90 Å². The van der Waals surface area contributed by atoms with Crippen molar-refractivity contribution in [3.8, 4) is 0 Å². The molecule has 0 aliphatic carbocycles. The van der Waals surface area contributed by atoms with Crippen LogP contribution >= 0.6 is 0 Å². The van der Waals surface area contributed by atoms with Crippen LogP contribution in [-0.2, 0) is 4.79 Å². The summed E-state index contributed by atoms with van der Waals surface area (Å²) in [6.45, 7) is 1.11. The molecule has 1 aliphatic heterocycles. The molecule has 0 amide bonds. The topological polar surface area (TPSA) is 52.9 Å². The molecule has 0 fully saturated rings. The largest absolute Gasteiger partial charge is 0.480 e. The van der Waals surface area contributed by atoms with Crippen molar-refractivity contribution in [3.05, 3.63) is 35.6 Å². The molecule has 1 aliphatic rings. The zero-order valence-electron chi connectivity index (χ0n) is 8.56. The van der Waals surface area contributed by atoms with E-state index < -0.39 is 5.97 Å². The maximum Gasteiger partial charge on any atom is 0.323 e. The van der Waals surface area contributed by atoms with Gasteiger partial charge in [0.15, 0.2) is 0 Å². The molecule has 0 unspecified atom stereocenters. The minimum Gasteiger partial charge on any atom is -0.480 e. The van der Waals surface area contributed by atoms with Crippen molar-refractivity contribution in [3.63, 3.8) is 0 Å². The first-order valence-corrected chi connectivity index (χ1v) is 4.94. The smallest absolute Gasteiger partial charge is 0.323 e. The number of carbonyl (C=O) groups is 1. The summed E-state index contributed by atoms with van der Waals surface area (Å²) in [4.78, 5) is 16.5. The van der Waals surface area contributed by atoms with Crippen LogP contribution in [0.3, 0.4) is 0 Å². The standard InChI is InChI=1S/C11H11FN2O2/c12-9-3-1-8(2-4-9)11-13-5-6-14(11)7-10(15)16/h1-4H,5-7H2,(H,15,16). The number of nitrogens with zero attached hydrogens (tertiary/aromatic N) is 2. The first kappa shape index (κ1) is 10.6. The quantitative estimate of drug-likeness (QED) is 0.829. The zero-order chi connectivity index (χ0) is 11.5. The van der Waals surface area contributed by atoms with Gasteiger partial charge in [-0.3, -0.25) is 9.79 Å². The van der Waals surface area contributed by atoms with Crippen molar-refractivity contribution in [1.29, 1.82) is 0 Å². The highest BCUT2D eigenvalue weighted by molar-refractivity contribution is 6.01. The summed E-state index contributed by atoms with van der Waals surface area (Å²) in [5.41, 5.74) is 0.750. The van der Waals surface area contributed by atoms with Gasteiger partial charge in [0.2, 0.25) is 0 Å². The Bertz CT molecular complexity index is 428. The van der Waals surface area contributed by atoms with Gasteiger partial charge < -0.3 is 10.0 Å². The molecule has 0 atom stereocenters. The van der Waals surface area contributed by atoms with Crippen LogP contribution in [0.2, 0.25) is 0 Å². The summed E-state index contributed by atoms with van der Waals surface area (Å²) in [5.74, 6) is -0.578. The highest BCUT2D eigenvalue weighted by Gasteiger charge is 2.20. The first-order valence-electron chi connectivity index (χ1n) is 4.94. The van der Waals surface area contributed by atoms with E-state index in [1.54, 1.807) is 17.0 Å². The summed E-state index contributed by atoms with van der Waals surface area (Å²) >= 11 is 0. The van der Waals surface area contributed by atoms with E-state index in [1.165, 1.54) is 12.1 Å². The van der Waals surface area contributed by atoms with Gasteiger partial charge in [-0.05, 0) is 24.3 Å². The Morgan fingerprint density at radius 2 is 2.12 bits per heavy atom. The van der Waals surface area contributed by atoms with Gasteiger partial charge >= 0.3 is 5.97 Å². The van der Waals surface area contributed by atoms with E-state index in [4.69, 9.17) is 5.11 Å². The number of amidine groups is 1. The number of rotatable bonds is 3. The SMILES string of the molecule is O=C(O)CN1CCN=C1c1ccc(F)cc1. The van der Waals surface area contributed by atoms with Crippen LogP contribution in [0.1, 0.15) is 5.56 Å². The highest BCUT2D eigenvalue weighted by Crippen LogP contribution is 2.11. The first-order chi connectivity index (χ1) is 7.66. The van der Waals surface area contributed by atoms with E-state index in [1.807, 2.05) is 0 Å². The number of benzene rings is 1. The number of carboxylic acids is 1. The lowest BCUT2D eigenvalue weighted by Gasteiger charge is -2.17. The predicted octanol–water partition coefficient (Wildman–Crippen LogP) is 0.972. The van der Waals surface area contributed by atoms with Crippen molar-refractivity contribution >= 4 is 11.8 Å². The Morgan fingerprint density at radius 1 is 1.44 bits per heavy atom. The summed E-state index contributed by atoms with van der Waals surface area (Å²) < 4.78 is 12.7. The van der Waals surface area contributed by atoms with Gasteiger partial charge in [-0.1, -0.05) is 0 Å². The predicted molar refractivity (Wildman–Crippen MR) is 57.0 cm³/mol. The average molecular weight is 222 g/mol. The fourth-order valence-electron chi connectivity index (χ4n) is 1.67. The molecule has 1 aromatic rings. The van der Waals surface area contributed by atoms with Gasteiger partial charge in [0.1, 0.15) is 18.2 Å². The van der Waals surface area contributed by atoms with E-state index in [0.29, 0.717) is 18.9 Å². The lowest BCUT2D eigenvalue weighted by molar-refractivity contribution is -0.137. The fourth-order valence-corrected chi connectivity index (χ4v) is 1.67. The van der Waals surface area contributed by atoms with Gasteiger partial charge in [0.05, 0.1) is 6.54 Å². The molecule has 4 nitrogen and oxygen atoms in total. The molecule has 0 bridgehead atoms. The van der Waals surface area contributed by atoms with E-state index in [-0.39, 0.29) is 12.4 Å². The molecule has 0 spiro atoms. The number of hydrogen-bond donors (Lipinski definition) is 1. The van der Waals surface area contributed by atoms with Crippen molar-refractivity contribution in [2.75, 3.05) is 19.6 Å². The molecule has 5 heteroatoms. The lowest BCUT2D eigenvalue weighted by atomic mass is 10.2. The van der Waals surface area contributed by atoms with E-state index in [0.717, 1.165) is 5.56 Å². The summed E-state index contributed by atoms with van der Waals surface area (Å²) in [6.07, 6.45) is 0. The Balaban J connectivity index is 2.19. The van der Waals surface area contributed by atoms with Gasteiger partial charge in [-0.15, -0.1) is 0 Å². The molecule has 0 saturated carbocycles. The Hall–Kier alpha value is -1.91. The number of aliphatic carboxylic acids is 1. The van der Waals surface area contributed by atoms with Gasteiger partial charge in [-0.2, -0.15) is 0 Å². The minimum atomic E-state index is -0.892. The van der Waals surface area contributed by atoms with E-state index >= 15 is 0 Å². The monoisotopic (exact) mass is 222 g/mol. The Kier molecular flexibility index (Phi) is 2.85. The second kappa shape index (κ2) is 4.30. The molecule has 1 aromatic carbocycles. The minimum absolute atomic E-state index is 0.0732. The van der Waals surface area contributed by atoms with Crippen LogP contribution < -0.4 is 0 Å². The molecule has 2 rings (SSSR count). The summed E-state index contributed by atoms with van der Waals surface area (Å²) in [7, 11) is 0. The van der Waals surface area contributed by atoms with Gasteiger partial charge in [0, 0.05) is 12.1 Å². The Morgan fingerprint density at radius 3 is 2.75 bits per heavy atom. The third kappa shape index (κ3) is 2.18. The van der Waals surface area contributed by atoms with Crippen LogP contribution in [0, 0.1) is 5.82 Å². The van der Waals surface area contributed by atoms with Crippen molar-refractivity contribution < 1.29 is 14.3 Å². The van der Waals surface area contributed by atoms with Crippen molar-refractivity contribution in [2.24, 2.45) is 4.99 Å². The van der Waals surface area contributed by atoms with Crippen LogP contribution in [0.5, 0.6) is 0 Å². The third-order valence-electron chi connectivity index (χ3n) is 2.36. The number of carboxylic acid groups (broad SMARTS) is 1. The number of halogens is 1. The maximum absolute atomic E-state index is 12.7. The molecule has 0 radical (unpaired) electrons. The van der Waals surface area contributed by atoms with Crippen LogP contribution in [-0.4, -0.2) is 41.4 Å². The normalized spacial score (nSPS) is 15.1. The highest BCUT2D eigenvalue weighted by atomic mass is 19.1. The molecule has 1 heterocycles. The second-order valence-corrected chi connectivity index (χ2v) is 3.53. The summed E-state index contributed by atoms with van der Waals surface area (Å²) in [5, 5.41) is 8.73. The van der Waals surface area contributed by atoms with Crippen LogP contribution in [0.4, 0.5) is 4.39 Å². The number of aliphatic imine (C=N–C) groups is 1. The lowest BCUT2D eigenvalue weighted by Crippen LogP contribution is -2.33. The van der Waals surface area contributed by atoms with Crippen LogP contribution in [0.15, 0.2) is 29.3 Å². The Labute approximate surface area is 92.0 Å². The molecular formula is C11H11FN2O2. The van der Waals surface area contributed by atoms with Gasteiger partial charge in [-0.25, -0.2) is 4.39 Å². The molecule has 0 aromatic heterocycles. The number of hydrogen-bond acceptors (Lipinski definition) is 3. The van der Waals surface area contributed by atoms with Gasteiger partial charge in [0.25, 0.3) is 0 Å². The van der Waals surface area contributed by atoms with E-state index in [2.05, 4.69) is 4.99 Å². The second-order valence-electron chi connectivity index (χ2n) is 3.53.